The van der Waals surface area contributed by atoms with Crippen molar-refractivity contribution < 1.29 is 15.0 Å². The Morgan fingerprint density at radius 1 is 1.10 bits per heavy atom. The summed E-state index contributed by atoms with van der Waals surface area (Å²) < 4.78 is 0. The van der Waals surface area contributed by atoms with Gasteiger partial charge in [-0.1, -0.05) is 18.2 Å². The molecule has 0 bridgehead atoms. The number of benzene rings is 2. The lowest BCUT2D eigenvalue weighted by atomic mass is 10.0. The number of rotatable bonds is 3. The van der Waals surface area contributed by atoms with Gasteiger partial charge in [-0.25, -0.2) is 0 Å². The highest BCUT2D eigenvalue weighted by atomic mass is 16.3. The molecule has 0 spiro atoms. The molecule has 21 heavy (non-hydrogen) atoms. The van der Waals surface area contributed by atoms with Crippen LogP contribution >= 0.6 is 0 Å². The molecule has 0 radical (unpaired) electrons. The van der Waals surface area contributed by atoms with E-state index >= 15 is 0 Å². The van der Waals surface area contributed by atoms with Crippen LogP contribution in [0.3, 0.4) is 0 Å². The summed E-state index contributed by atoms with van der Waals surface area (Å²) in [6.45, 7) is 3.61. The highest BCUT2D eigenvalue weighted by molar-refractivity contribution is 5.94. The largest absolute Gasteiger partial charge is 0.508 e. The molecule has 2 rings (SSSR count). The maximum atomic E-state index is 12.5. The summed E-state index contributed by atoms with van der Waals surface area (Å²) in [4.78, 5) is 14.1. The minimum Gasteiger partial charge on any atom is -0.508 e. The first-order valence-electron chi connectivity index (χ1n) is 6.76. The van der Waals surface area contributed by atoms with E-state index in [2.05, 4.69) is 0 Å². The van der Waals surface area contributed by atoms with Crippen molar-refractivity contribution in [2.45, 2.75) is 19.9 Å². The van der Waals surface area contributed by atoms with Gasteiger partial charge in [-0.2, -0.15) is 0 Å². The molecule has 2 aromatic rings. The predicted octanol–water partition coefficient (Wildman–Crippen LogP) is 3.24. The van der Waals surface area contributed by atoms with Crippen LogP contribution in [-0.4, -0.2) is 28.1 Å². The zero-order valence-corrected chi connectivity index (χ0v) is 12.4. The normalized spacial score (nSPS) is 12.0. The second kappa shape index (κ2) is 5.87. The SMILES string of the molecule is Cc1cc(C(=O)N(C)C(C)c2ccccc2O)ccc1O. The lowest BCUT2D eigenvalue weighted by molar-refractivity contribution is 0.0741. The number of aryl methyl sites for hydroxylation is 1. The molecule has 1 amide bonds. The van der Waals surface area contributed by atoms with Crippen LogP contribution < -0.4 is 0 Å². The lowest BCUT2D eigenvalue weighted by Crippen LogP contribution is -2.29. The second-order valence-corrected chi connectivity index (χ2v) is 5.15. The van der Waals surface area contributed by atoms with E-state index in [0.29, 0.717) is 16.7 Å². The third-order valence-electron chi connectivity index (χ3n) is 3.73. The fourth-order valence-electron chi connectivity index (χ4n) is 2.22. The van der Waals surface area contributed by atoms with E-state index in [1.807, 2.05) is 13.0 Å². The van der Waals surface area contributed by atoms with E-state index in [9.17, 15) is 15.0 Å². The third-order valence-corrected chi connectivity index (χ3v) is 3.73. The van der Waals surface area contributed by atoms with Crippen LogP contribution in [0.1, 0.15) is 34.5 Å². The molecule has 2 N–H and O–H groups in total. The number of amides is 1. The Hall–Kier alpha value is -2.49. The maximum Gasteiger partial charge on any atom is 0.254 e. The molecule has 0 aliphatic rings. The number of hydrogen-bond donors (Lipinski definition) is 2. The van der Waals surface area contributed by atoms with Crippen LogP contribution in [0, 0.1) is 6.92 Å². The molecule has 4 nitrogen and oxygen atoms in total. The van der Waals surface area contributed by atoms with Gasteiger partial charge in [0.05, 0.1) is 6.04 Å². The van der Waals surface area contributed by atoms with Crippen molar-refractivity contribution in [3.05, 3.63) is 59.2 Å². The Morgan fingerprint density at radius 2 is 1.76 bits per heavy atom. The Kier molecular flexibility index (Phi) is 4.17. The lowest BCUT2D eigenvalue weighted by Gasteiger charge is -2.26. The van der Waals surface area contributed by atoms with E-state index in [1.165, 1.54) is 6.07 Å². The quantitative estimate of drug-likeness (QED) is 0.910. The van der Waals surface area contributed by atoms with Gasteiger partial charge in [0, 0.05) is 18.2 Å². The molecule has 0 fully saturated rings. The number of phenols is 2. The zero-order chi connectivity index (χ0) is 15.6. The van der Waals surface area contributed by atoms with E-state index < -0.39 is 0 Å². The molecular formula is C17H19NO3. The number of phenolic OH excluding ortho intramolecular Hbond substituents is 2. The maximum absolute atomic E-state index is 12.5. The number of carbonyl (C=O) groups is 1. The van der Waals surface area contributed by atoms with E-state index in [1.54, 1.807) is 49.2 Å². The molecular weight excluding hydrogens is 266 g/mol. The Morgan fingerprint density at radius 3 is 2.38 bits per heavy atom. The fourth-order valence-corrected chi connectivity index (χ4v) is 2.22. The standard InChI is InChI=1S/C17H19NO3/c1-11-10-13(8-9-15(11)19)17(21)18(3)12(2)14-6-4-5-7-16(14)20/h4-10,12,19-20H,1-3H3. The van der Waals surface area contributed by atoms with Gasteiger partial charge in [0.15, 0.2) is 0 Å². The van der Waals surface area contributed by atoms with Crippen LogP contribution in [0.15, 0.2) is 42.5 Å². The minimum absolute atomic E-state index is 0.158. The molecule has 0 heterocycles. The summed E-state index contributed by atoms with van der Waals surface area (Å²) in [6.07, 6.45) is 0. The van der Waals surface area contributed by atoms with E-state index in [4.69, 9.17) is 0 Å². The fraction of sp³-hybridized carbons (Fsp3) is 0.235. The minimum atomic E-state index is -0.257. The smallest absolute Gasteiger partial charge is 0.254 e. The van der Waals surface area contributed by atoms with Crippen molar-refractivity contribution >= 4 is 5.91 Å². The topological polar surface area (TPSA) is 60.8 Å². The molecule has 0 aromatic heterocycles. The first kappa shape index (κ1) is 14.9. The Bertz CT molecular complexity index is 667. The molecule has 2 aromatic carbocycles. The van der Waals surface area contributed by atoms with Crippen LogP contribution in [0.4, 0.5) is 0 Å². The second-order valence-electron chi connectivity index (χ2n) is 5.15. The third kappa shape index (κ3) is 2.99. The molecule has 0 aliphatic heterocycles. The van der Waals surface area contributed by atoms with E-state index in [-0.39, 0.29) is 23.4 Å². The van der Waals surface area contributed by atoms with Gasteiger partial charge in [0.2, 0.25) is 0 Å². The number of hydrogen-bond acceptors (Lipinski definition) is 3. The summed E-state index contributed by atoms with van der Waals surface area (Å²) in [6, 6.07) is 11.5. The summed E-state index contributed by atoms with van der Waals surface area (Å²) in [5.41, 5.74) is 1.86. The van der Waals surface area contributed by atoms with Crippen LogP contribution in [0.5, 0.6) is 11.5 Å². The van der Waals surface area contributed by atoms with Crippen molar-refractivity contribution in [2.24, 2.45) is 0 Å². The van der Waals surface area contributed by atoms with Gasteiger partial charge in [-0.15, -0.1) is 0 Å². The van der Waals surface area contributed by atoms with Gasteiger partial charge in [0.1, 0.15) is 11.5 Å². The van der Waals surface area contributed by atoms with Gasteiger partial charge < -0.3 is 15.1 Å². The average Bonchev–Trinajstić information content (AvgIpc) is 2.48. The highest BCUT2D eigenvalue weighted by Crippen LogP contribution is 2.28. The number of aromatic hydroxyl groups is 2. The first-order valence-corrected chi connectivity index (χ1v) is 6.76. The molecule has 0 saturated heterocycles. The van der Waals surface area contributed by atoms with Crippen molar-refractivity contribution in [3.8, 4) is 11.5 Å². The number of para-hydroxylation sites is 1. The molecule has 110 valence electrons. The summed E-state index contributed by atoms with van der Waals surface area (Å²) in [5, 5.41) is 19.4. The van der Waals surface area contributed by atoms with Gasteiger partial charge in [-0.3, -0.25) is 4.79 Å². The Labute approximate surface area is 124 Å². The van der Waals surface area contributed by atoms with Crippen molar-refractivity contribution in [3.63, 3.8) is 0 Å². The van der Waals surface area contributed by atoms with Gasteiger partial charge in [0.25, 0.3) is 5.91 Å². The number of carbonyl (C=O) groups excluding carboxylic acids is 1. The van der Waals surface area contributed by atoms with Crippen LogP contribution in [0.2, 0.25) is 0 Å². The predicted molar refractivity (Wildman–Crippen MR) is 81.5 cm³/mol. The zero-order valence-electron chi connectivity index (χ0n) is 12.4. The molecule has 0 saturated carbocycles. The number of nitrogens with zero attached hydrogens (tertiary/aromatic N) is 1. The van der Waals surface area contributed by atoms with Crippen molar-refractivity contribution in [1.82, 2.24) is 4.90 Å². The summed E-state index contributed by atoms with van der Waals surface area (Å²) in [5.74, 6) is 0.184. The Balaban J connectivity index is 2.26. The average molecular weight is 285 g/mol. The highest BCUT2D eigenvalue weighted by Gasteiger charge is 2.21. The van der Waals surface area contributed by atoms with E-state index in [0.717, 1.165) is 0 Å². The molecule has 0 aliphatic carbocycles. The summed E-state index contributed by atoms with van der Waals surface area (Å²) in [7, 11) is 1.70. The van der Waals surface area contributed by atoms with Gasteiger partial charge >= 0.3 is 0 Å². The van der Waals surface area contributed by atoms with Crippen molar-refractivity contribution in [1.29, 1.82) is 0 Å². The van der Waals surface area contributed by atoms with Crippen molar-refractivity contribution in [2.75, 3.05) is 7.05 Å². The van der Waals surface area contributed by atoms with Crippen LogP contribution in [-0.2, 0) is 0 Å². The van der Waals surface area contributed by atoms with Gasteiger partial charge in [-0.05, 0) is 43.7 Å². The summed E-state index contributed by atoms with van der Waals surface area (Å²) >= 11 is 0. The molecule has 4 heteroatoms. The first-order chi connectivity index (χ1) is 9.91. The monoisotopic (exact) mass is 285 g/mol. The van der Waals surface area contributed by atoms with Crippen LogP contribution in [0.25, 0.3) is 0 Å². The molecule has 1 unspecified atom stereocenters. The molecule has 1 atom stereocenters.